The third-order valence-electron chi connectivity index (χ3n) is 5.69. The summed E-state index contributed by atoms with van der Waals surface area (Å²) in [7, 11) is 0. The third kappa shape index (κ3) is 0.993. The Balaban J connectivity index is 0.000001000. The lowest BCUT2D eigenvalue weighted by atomic mass is 9.46. The lowest BCUT2D eigenvalue weighted by molar-refractivity contribution is 0.0922. The van der Waals surface area contributed by atoms with Crippen LogP contribution in [0.4, 0.5) is 0 Å². The standard InChI is InChI=1S/C17H18.CH4/c1-3-17-10-13-8-4-6-12-7-5-9-14(11-17)16(17,2)15(12)13;/h4-9H,3,10-11H2,1-2H3;1H4. The Morgan fingerprint density at radius 2 is 2.06 bits per heavy atom. The molecule has 1 aromatic rings. The van der Waals surface area contributed by atoms with Crippen LogP contribution in [0, 0.1) is 5.41 Å². The quantitative estimate of drug-likeness (QED) is 0.653. The normalized spacial score (nSPS) is 34.0. The van der Waals surface area contributed by atoms with Crippen molar-refractivity contribution >= 4 is 6.08 Å². The fourth-order valence-corrected chi connectivity index (χ4v) is 4.59. The third-order valence-corrected chi connectivity index (χ3v) is 5.69. The Bertz CT molecular complexity index is 576. The maximum Gasteiger partial charge on any atom is 0.0208 e. The Kier molecular flexibility index (Phi) is 2.21. The molecule has 0 aliphatic heterocycles. The highest BCUT2D eigenvalue weighted by atomic mass is 14.7. The zero-order valence-electron chi connectivity index (χ0n) is 10.6. The zero-order valence-corrected chi connectivity index (χ0v) is 10.6. The Morgan fingerprint density at radius 3 is 2.83 bits per heavy atom. The van der Waals surface area contributed by atoms with Gasteiger partial charge in [0.25, 0.3) is 0 Å². The molecule has 94 valence electrons. The summed E-state index contributed by atoms with van der Waals surface area (Å²) in [6, 6.07) is 6.85. The van der Waals surface area contributed by atoms with Crippen molar-refractivity contribution in [1.82, 2.24) is 0 Å². The molecule has 1 aromatic carbocycles. The first kappa shape index (κ1) is 11.8. The molecule has 0 heterocycles. The Morgan fingerprint density at radius 1 is 1.22 bits per heavy atom. The number of hydrogen-bond acceptors (Lipinski definition) is 0. The molecule has 3 aliphatic rings. The minimum Gasteiger partial charge on any atom is -0.0776 e. The van der Waals surface area contributed by atoms with Crippen LogP contribution in [-0.2, 0) is 11.8 Å². The summed E-state index contributed by atoms with van der Waals surface area (Å²) < 4.78 is 0. The van der Waals surface area contributed by atoms with Crippen LogP contribution >= 0.6 is 0 Å². The molecule has 18 heavy (non-hydrogen) atoms. The van der Waals surface area contributed by atoms with Crippen molar-refractivity contribution in [3.05, 3.63) is 52.6 Å². The van der Waals surface area contributed by atoms with Gasteiger partial charge < -0.3 is 0 Å². The van der Waals surface area contributed by atoms with Crippen molar-refractivity contribution in [3.63, 3.8) is 0 Å². The van der Waals surface area contributed by atoms with E-state index in [2.05, 4.69) is 50.3 Å². The van der Waals surface area contributed by atoms with Gasteiger partial charge in [-0.2, -0.15) is 0 Å². The molecule has 1 fully saturated rings. The molecule has 2 atom stereocenters. The lowest BCUT2D eigenvalue weighted by Gasteiger charge is -2.56. The molecule has 0 N–H and O–H groups in total. The molecule has 0 bridgehead atoms. The van der Waals surface area contributed by atoms with E-state index in [1.165, 1.54) is 24.8 Å². The predicted molar refractivity (Wildman–Crippen MR) is 78.7 cm³/mol. The summed E-state index contributed by atoms with van der Waals surface area (Å²) in [4.78, 5) is 0. The lowest BCUT2D eigenvalue weighted by Crippen LogP contribution is -2.51. The van der Waals surface area contributed by atoms with Crippen LogP contribution in [0.2, 0.25) is 0 Å². The van der Waals surface area contributed by atoms with Crippen molar-refractivity contribution in [2.24, 2.45) is 5.41 Å². The summed E-state index contributed by atoms with van der Waals surface area (Å²) in [6.07, 6.45) is 10.8. The van der Waals surface area contributed by atoms with E-state index < -0.39 is 0 Å². The highest BCUT2D eigenvalue weighted by Gasteiger charge is 2.63. The minimum atomic E-state index is 0. The van der Waals surface area contributed by atoms with Crippen LogP contribution in [0.3, 0.4) is 0 Å². The summed E-state index contributed by atoms with van der Waals surface area (Å²) >= 11 is 0. The van der Waals surface area contributed by atoms with Gasteiger partial charge in [0.2, 0.25) is 0 Å². The average Bonchev–Trinajstić information content (AvgIpc) is 2.45. The molecule has 0 saturated heterocycles. The van der Waals surface area contributed by atoms with E-state index in [0.717, 1.165) is 0 Å². The van der Waals surface area contributed by atoms with Crippen molar-refractivity contribution in [2.45, 2.75) is 46.0 Å². The van der Waals surface area contributed by atoms with Crippen LogP contribution < -0.4 is 0 Å². The first-order chi connectivity index (χ1) is 8.21. The number of benzene rings is 1. The highest BCUT2D eigenvalue weighted by Crippen LogP contribution is 2.70. The van der Waals surface area contributed by atoms with E-state index in [1.54, 1.807) is 16.7 Å². The molecule has 2 unspecified atom stereocenters. The molecule has 0 heteroatoms. The maximum absolute atomic E-state index is 2.48. The molecule has 0 nitrogen and oxygen atoms in total. The van der Waals surface area contributed by atoms with Crippen molar-refractivity contribution in [2.75, 3.05) is 0 Å². The summed E-state index contributed by atoms with van der Waals surface area (Å²) in [5.74, 6) is 0. The second kappa shape index (κ2) is 3.38. The molecular weight excluding hydrogens is 216 g/mol. The van der Waals surface area contributed by atoms with Gasteiger partial charge in [0.1, 0.15) is 0 Å². The fraction of sp³-hybridized carbons (Fsp3) is 0.444. The van der Waals surface area contributed by atoms with Crippen LogP contribution in [0.5, 0.6) is 0 Å². The molecule has 3 aliphatic carbocycles. The first-order valence-electron chi connectivity index (χ1n) is 6.71. The van der Waals surface area contributed by atoms with E-state index in [4.69, 9.17) is 0 Å². The molecular formula is C18H22. The Labute approximate surface area is 110 Å². The summed E-state index contributed by atoms with van der Waals surface area (Å²) in [5, 5.41) is 0. The molecule has 0 amide bonds. The van der Waals surface area contributed by atoms with Gasteiger partial charge in [-0.25, -0.2) is 0 Å². The van der Waals surface area contributed by atoms with Gasteiger partial charge in [0.15, 0.2) is 0 Å². The molecule has 0 aromatic heterocycles. The van der Waals surface area contributed by atoms with Crippen molar-refractivity contribution in [1.29, 1.82) is 0 Å². The molecule has 0 spiro atoms. The van der Waals surface area contributed by atoms with Gasteiger partial charge in [0, 0.05) is 5.41 Å². The second-order valence-electron chi connectivity index (χ2n) is 6.04. The fourth-order valence-electron chi connectivity index (χ4n) is 4.59. The number of rotatable bonds is 1. The molecule has 1 saturated carbocycles. The number of allylic oxidation sites excluding steroid dienone is 3. The SMILES string of the molecule is C.CCC12CC3=CC=Cc4cccc(c4C31C)C2. The maximum atomic E-state index is 2.48. The van der Waals surface area contributed by atoms with Crippen LogP contribution in [-0.4, -0.2) is 0 Å². The molecule has 4 rings (SSSR count). The molecule has 0 radical (unpaired) electrons. The minimum absolute atomic E-state index is 0. The topological polar surface area (TPSA) is 0 Å². The van der Waals surface area contributed by atoms with Gasteiger partial charge in [-0.3, -0.25) is 0 Å². The predicted octanol–water partition coefficient (Wildman–Crippen LogP) is 4.89. The van der Waals surface area contributed by atoms with Gasteiger partial charge in [-0.05, 0) is 41.4 Å². The van der Waals surface area contributed by atoms with E-state index in [9.17, 15) is 0 Å². The second-order valence-corrected chi connectivity index (χ2v) is 6.04. The van der Waals surface area contributed by atoms with Crippen molar-refractivity contribution in [3.8, 4) is 0 Å². The van der Waals surface area contributed by atoms with E-state index in [-0.39, 0.29) is 7.43 Å². The van der Waals surface area contributed by atoms with E-state index in [0.29, 0.717) is 10.8 Å². The van der Waals surface area contributed by atoms with Crippen LogP contribution in [0.15, 0.2) is 35.9 Å². The number of hydrogen-bond donors (Lipinski definition) is 0. The van der Waals surface area contributed by atoms with Gasteiger partial charge in [-0.15, -0.1) is 0 Å². The van der Waals surface area contributed by atoms with Crippen molar-refractivity contribution < 1.29 is 0 Å². The highest BCUT2D eigenvalue weighted by molar-refractivity contribution is 5.70. The summed E-state index contributed by atoms with van der Waals surface area (Å²) in [6.45, 7) is 4.85. The zero-order chi connectivity index (χ0) is 11.7. The Hall–Kier alpha value is -1.30. The monoisotopic (exact) mass is 238 g/mol. The first-order valence-corrected chi connectivity index (χ1v) is 6.71. The largest absolute Gasteiger partial charge is 0.0776 e. The smallest absolute Gasteiger partial charge is 0.0208 e. The summed E-state index contributed by atoms with van der Waals surface area (Å²) in [5.41, 5.74) is 7.18. The van der Waals surface area contributed by atoms with Crippen LogP contribution in [0.1, 0.15) is 50.8 Å². The average molecular weight is 238 g/mol. The van der Waals surface area contributed by atoms with Gasteiger partial charge in [0.05, 0.1) is 0 Å². The van der Waals surface area contributed by atoms with Gasteiger partial charge in [-0.1, -0.05) is 63.3 Å². The van der Waals surface area contributed by atoms with Gasteiger partial charge >= 0.3 is 0 Å². The van der Waals surface area contributed by atoms with E-state index in [1.807, 2.05) is 0 Å². The van der Waals surface area contributed by atoms with E-state index >= 15 is 0 Å². The van der Waals surface area contributed by atoms with Crippen LogP contribution in [0.25, 0.3) is 6.08 Å².